The number of carbonyl (C=O) groups is 1. The Morgan fingerprint density at radius 3 is 1.88 bits per heavy atom. The highest BCUT2D eigenvalue weighted by atomic mass is 28.4. The second-order valence-electron chi connectivity index (χ2n) is 7.49. The van der Waals surface area contributed by atoms with E-state index in [9.17, 15) is 4.79 Å². The van der Waals surface area contributed by atoms with Gasteiger partial charge in [-0.25, -0.2) is 0 Å². The molecule has 0 N–H and O–H groups in total. The first kappa shape index (κ1) is 23.8. The van der Waals surface area contributed by atoms with Gasteiger partial charge in [0, 0.05) is 14.2 Å². The van der Waals surface area contributed by atoms with Gasteiger partial charge in [-0.15, -0.1) is 0 Å². The van der Waals surface area contributed by atoms with Crippen LogP contribution in [0.2, 0.25) is 22.2 Å². The molecular weight excluding hydrogens is 336 g/mol. The summed E-state index contributed by atoms with van der Waals surface area (Å²) in [6, 6.07) is 1.05. The summed E-state index contributed by atoms with van der Waals surface area (Å²) in [6.45, 7) is 15.0. The van der Waals surface area contributed by atoms with Crippen molar-refractivity contribution in [2.24, 2.45) is 0 Å². The molecule has 6 heteroatoms. The molecule has 1 radical (unpaired) electrons. The van der Waals surface area contributed by atoms with Gasteiger partial charge in [0.25, 0.3) is 14.3 Å². The molecule has 0 bridgehead atoms. The third-order valence-corrected chi connectivity index (χ3v) is 13.2. The molecule has 0 spiro atoms. The topological polar surface area (TPSA) is 44.8 Å². The van der Waals surface area contributed by atoms with Gasteiger partial charge < -0.3 is 13.3 Å². The maximum Gasteiger partial charge on any atom is 0.402 e. The fourth-order valence-corrected chi connectivity index (χ4v) is 9.48. The summed E-state index contributed by atoms with van der Waals surface area (Å²) in [4.78, 5) is 13.2. The van der Waals surface area contributed by atoms with Crippen LogP contribution in [0.1, 0.15) is 74.1 Å². The third-order valence-electron chi connectivity index (χ3n) is 5.39. The Hall–Kier alpha value is -0.176. The molecule has 0 aliphatic carbocycles. The molecule has 0 aromatic heterocycles. The van der Waals surface area contributed by atoms with Crippen molar-refractivity contribution in [2.45, 2.75) is 96.3 Å². The van der Waals surface area contributed by atoms with E-state index in [-0.39, 0.29) is 5.97 Å². The Balaban J connectivity index is 5.56. The van der Waals surface area contributed by atoms with Crippen LogP contribution in [0.15, 0.2) is 0 Å². The van der Waals surface area contributed by atoms with E-state index in [0.717, 1.165) is 12.5 Å². The van der Waals surface area contributed by atoms with Gasteiger partial charge in [0.05, 0.1) is 0 Å². The molecule has 0 saturated heterocycles. The van der Waals surface area contributed by atoms with Crippen molar-refractivity contribution in [1.29, 1.82) is 0 Å². The molecule has 0 fully saturated rings. The largest absolute Gasteiger partial charge is 0.518 e. The molecule has 0 heterocycles. The van der Waals surface area contributed by atoms with E-state index in [2.05, 4.69) is 34.6 Å². The number of rotatable bonds is 12. The van der Waals surface area contributed by atoms with Crippen molar-refractivity contribution in [3.63, 3.8) is 0 Å². The van der Waals surface area contributed by atoms with Crippen LogP contribution in [0.25, 0.3) is 0 Å². The molecular formula is C18H39O4Si2. The van der Waals surface area contributed by atoms with Crippen LogP contribution in [0.4, 0.5) is 0 Å². The first-order chi connectivity index (χ1) is 11.2. The van der Waals surface area contributed by atoms with Crippen molar-refractivity contribution in [3.8, 4) is 0 Å². The third kappa shape index (κ3) is 5.41. The Kier molecular flexibility index (Phi) is 10.7. The van der Waals surface area contributed by atoms with Crippen LogP contribution >= 0.6 is 0 Å². The summed E-state index contributed by atoms with van der Waals surface area (Å²) in [7, 11) is -0.660. The molecule has 0 aliphatic rings. The van der Waals surface area contributed by atoms with Gasteiger partial charge in [-0.1, -0.05) is 60.8 Å². The van der Waals surface area contributed by atoms with Gasteiger partial charge in [-0.05, 0) is 30.5 Å². The van der Waals surface area contributed by atoms with Crippen LogP contribution in [0.3, 0.4) is 0 Å². The lowest BCUT2D eigenvalue weighted by Crippen LogP contribution is -2.51. The SMILES string of the molecule is CCCCC[Si](OC(=O)C(C)(CC)[Si](OC)OC)(C(C)C)C(C)C. The predicted octanol–water partition coefficient (Wildman–Crippen LogP) is 5.44. The molecule has 0 saturated carbocycles. The van der Waals surface area contributed by atoms with Crippen LogP contribution in [0.5, 0.6) is 0 Å². The molecule has 0 aromatic rings. The lowest BCUT2D eigenvalue weighted by Gasteiger charge is -2.41. The highest BCUT2D eigenvalue weighted by Crippen LogP contribution is 2.43. The van der Waals surface area contributed by atoms with Crippen LogP contribution in [-0.4, -0.2) is 37.8 Å². The maximum atomic E-state index is 13.2. The standard InChI is InChI=1S/C18H39O4Si2/c1-10-12-13-14-24(15(3)4,16(5)6)22-17(19)18(7,11-2)23(20-8)21-9/h15-16H,10-14H2,1-9H3. The summed E-state index contributed by atoms with van der Waals surface area (Å²) >= 11 is 0. The molecule has 143 valence electrons. The smallest absolute Gasteiger partial charge is 0.402 e. The van der Waals surface area contributed by atoms with Gasteiger partial charge in [0.15, 0.2) is 0 Å². The minimum Gasteiger partial charge on any atom is -0.518 e. The lowest BCUT2D eigenvalue weighted by molar-refractivity contribution is -0.139. The Labute approximate surface area is 152 Å². The zero-order chi connectivity index (χ0) is 19.0. The summed E-state index contributed by atoms with van der Waals surface area (Å²) < 4.78 is 17.4. The molecule has 24 heavy (non-hydrogen) atoms. The van der Waals surface area contributed by atoms with E-state index in [1.807, 2.05) is 13.8 Å². The molecule has 0 aromatic carbocycles. The number of hydrogen-bond acceptors (Lipinski definition) is 4. The van der Waals surface area contributed by atoms with E-state index in [4.69, 9.17) is 13.3 Å². The van der Waals surface area contributed by atoms with Crippen molar-refractivity contribution in [2.75, 3.05) is 14.2 Å². The summed E-state index contributed by atoms with van der Waals surface area (Å²) in [5.74, 6) is -0.117. The second kappa shape index (κ2) is 10.7. The van der Waals surface area contributed by atoms with Gasteiger partial charge in [0.2, 0.25) is 0 Å². The Bertz CT molecular complexity index is 362. The number of hydrogen-bond donors (Lipinski definition) is 0. The van der Waals surface area contributed by atoms with E-state index in [0.29, 0.717) is 17.5 Å². The van der Waals surface area contributed by atoms with E-state index >= 15 is 0 Å². The number of unbranched alkanes of at least 4 members (excludes halogenated alkanes) is 2. The van der Waals surface area contributed by atoms with Gasteiger partial charge >= 0.3 is 9.28 Å². The zero-order valence-electron chi connectivity index (χ0n) is 17.3. The summed E-state index contributed by atoms with van der Waals surface area (Å²) in [5, 5.41) is -0.680. The second-order valence-corrected chi connectivity index (χ2v) is 14.9. The maximum absolute atomic E-state index is 13.2. The summed E-state index contributed by atoms with van der Waals surface area (Å²) in [5.41, 5.74) is 0.806. The average Bonchev–Trinajstić information content (AvgIpc) is 2.53. The quantitative estimate of drug-likeness (QED) is 0.337. The van der Waals surface area contributed by atoms with Crippen LogP contribution < -0.4 is 0 Å². The minimum absolute atomic E-state index is 0.117. The molecule has 0 aliphatic heterocycles. The monoisotopic (exact) mass is 375 g/mol. The first-order valence-electron chi connectivity index (χ1n) is 9.35. The van der Waals surface area contributed by atoms with E-state index < -0.39 is 22.6 Å². The Morgan fingerprint density at radius 2 is 1.54 bits per heavy atom. The minimum atomic E-state index is -2.19. The fraction of sp³-hybridized carbons (Fsp3) is 0.944. The zero-order valence-corrected chi connectivity index (χ0v) is 19.3. The molecule has 0 amide bonds. The first-order valence-corrected chi connectivity index (χ1v) is 12.9. The highest BCUT2D eigenvalue weighted by Gasteiger charge is 2.52. The van der Waals surface area contributed by atoms with E-state index in [1.54, 1.807) is 14.2 Å². The molecule has 1 atom stereocenters. The normalized spacial score (nSPS) is 15.2. The van der Waals surface area contributed by atoms with Gasteiger partial charge in [-0.3, -0.25) is 4.79 Å². The van der Waals surface area contributed by atoms with Crippen molar-refractivity contribution < 1.29 is 18.1 Å². The van der Waals surface area contributed by atoms with Crippen LogP contribution in [-0.2, 0) is 18.1 Å². The number of carbonyl (C=O) groups excluding carboxylic acids is 1. The molecule has 0 rings (SSSR count). The van der Waals surface area contributed by atoms with Gasteiger partial charge in [-0.2, -0.15) is 0 Å². The highest BCUT2D eigenvalue weighted by molar-refractivity contribution is 6.78. The molecule has 1 unspecified atom stereocenters. The fourth-order valence-electron chi connectivity index (χ4n) is 3.37. The van der Waals surface area contributed by atoms with Crippen molar-refractivity contribution in [1.82, 2.24) is 0 Å². The summed E-state index contributed by atoms with van der Waals surface area (Å²) in [6.07, 6.45) is 4.18. The predicted molar refractivity (Wildman–Crippen MR) is 105 cm³/mol. The van der Waals surface area contributed by atoms with E-state index in [1.165, 1.54) is 12.8 Å². The van der Waals surface area contributed by atoms with Crippen molar-refractivity contribution >= 4 is 23.6 Å². The average molecular weight is 376 g/mol. The van der Waals surface area contributed by atoms with Crippen LogP contribution in [0, 0.1) is 0 Å². The van der Waals surface area contributed by atoms with Gasteiger partial charge in [0.1, 0.15) is 5.04 Å². The lowest BCUT2D eigenvalue weighted by atomic mass is 10.1. The molecule has 4 nitrogen and oxygen atoms in total. The van der Waals surface area contributed by atoms with Crippen molar-refractivity contribution in [3.05, 3.63) is 0 Å². The Morgan fingerprint density at radius 1 is 1.04 bits per heavy atom.